The Labute approximate surface area is 189 Å². The highest BCUT2D eigenvalue weighted by molar-refractivity contribution is 7.89. The standard InChI is InChI=1S/C22H28ClN3O4S/c1-17(18-4-6-19(23)7-5-18)24(2)16-22(27)25-12-14-26(15-13-25)31(28,29)21-10-8-20(30-3)9-11-21/h4-11,17H,12-16H2,1-3H3. The molecule has 1 heterocycles. The number of methoxy groups -OCH3 is 1. The van der Waals surface area contributed by atoms with Gasteiger partial charge in [-0.15, -0.1) is 0 Å². The summed E-state index contributed by atoms with van der Waals surface area (Å²) in [5.74, 6) is 0.594. The van der Waals surface area contributed by atoms with Crippen molar-refractivity contribution in [2.45, 2.75) is 17.9 Å². The molecule has 0 radical (unpaired) electrons. The van der Waals surface area contributed by atoms with Crippen molar-refractivity contribution in [2.75, 3.05) is 46.9 Å². The van der Waals surface area contributed by atoms with Gasteiger partial charge in [0.25, 0.3) is 0 Å². The van der Waals surface area contributed by atoms with Crippen molar-refractivity contribution in [2.24, 2.45) is 0 Å². The molecule has 1 amide bonds. The summed E-state index contributed by atoms with van der Waals surface area (Å²) in [5.41, 5.74) is 1.08. The van der Waals surface area contributed by atoms with Gasteiger partial charge >= 0.3 is 0 Å². The fourth-order valence-electron chi connectivity index (χ4n) is 3.52. The fourth-order valence-corrected chi connectivity index (χ4v) is 5.07. The van der Waals surface area contributed by atoms with E-state index in [-0.39, 0.29) is 36.5 Å². The van der Waals surface area contributed by atoms with Crippen molar-refractivity contribution in [3.8, 4) is 5.75 Å². The largest absolute Gasteiger partial charge is 0.497 e. The van der Waals surface area contributed by atoms with Gasteiger partial charge in [0.1, 0.15) is 5.75 Å². The van der Waals surface area contributed by atoms with Gasteiger partial charge < -0.3 is 9.64 Å². The number of amides is 1. The number of carbonyl (C=O) groups is 1. The molecule has 1 saturated heterocycles. The van der Waals surface area contributed by atoms with E-state index in [9.17, 15) is 13.2 Å². The minimum Gasteiger partial charge on any atom is -0.497 e. The maximum Gasteiger partial charge on any atom is 0.243 e. The van der Waals surface area contributed by atoms with E-state index in [0.717, 1.165) is 5.56 Å². The second-order valence-electron chi connectivity index (χ2n) is 7.60. The number of benzene rings is 2. The molecule has 7 nitrogen and oxygen atoms in total. The van der Waals surface area contributed by atoms with Crippen LogP contribution in [0.15, 0.2) is 53.4 Å². The van der Waals surface area contributed by atoms with Gasteiger partial charge in [0, 0.05) is 37.2 Å². The van der Waals surface area contributed by atoms with Crippen molar-refractivity contribution in [1.82, 2.24) is 14.1 Å². The van der Waals surface area contributed by atoms with Crippen LogP contribution in [0.25, 0.3) is 0 Å². The molecule has 1 unspecified atom stereocenters. The highest BCUT2D eigenvalue weighted by Gasteiger charge is 2.30. The van der Waals surface area contributed by atoms with Crippen LogP contribution >= 0.6 is 11.6 Å². The first kappa shape index (κ1) is 23.5. The molecule has 0 bridgehead atoms. The van der Waals surface area contributed by atoms with Crippen LogP contribution in [0, 0.1) is 0 Å². The van der Waals surface area contributed by atoms with E-state index < -0.39 is 10.0 Å². The van der Waals surface area contributed by atoms with E-state index in [1.54, 1.807) is 29.2 Å². The molecule has 2 aromatic carbocycles. The Hall–Kier alpha value is -2.13. The zero-order valence-electron chi connectivity index (χ0n) is 18.0. The molecule has 0 N–H and O–H groups in total. The summed E-state index contributed by atoms with van der Waals surface area (Å²) in [6.07, 6.45) is 0. The van der Waals surface area contributed by atoms with Crippen LogP contribution < -0.4 is 4.74 Å². The van der Waals surface area contributed by atoms with Crippen molar-refractivity contribution >= 4 is 27.5 Å². The lowest BCUT2D eigenvalue weighted by atomic mass is 10.1. The first-order valence-electron chi connectivity index (χ1n) is 10.1. The molecule has 1 aliphatic rings. The Morgan fingerprint density at radius 1 is 1.06 bits per heavy atom. The van der Waals surface area contributed by atoms with E-state index in [1.165, 1.54) is 11.4 Å². The minimum absolute atomic E-state index is 0.00944. The summed E-state index contributed by atoms with van der Waals surface area (Å²) in [6.45, 7) is 3.59. The number of carbonyl (C=O) groups excluding carboxylic acids is 1. The molecule has 1 aliphatic heterocycles. The van der Waals surface area contributed by atoms with Gasteiger partial charge in [-0.3, -0.25) is 9.69 Å². The zero-order chi connectivity index (χ0) is 22.6. The highest BCUT2D eigenvalue weighted by Crippen LogP contribution is 2.22. The number of hydrogen-bond acceptors (Lipinski definition) is 5. The maximum atomic E-state index is 12.9. The highest BCUT2D eigenvalue weighted by atomic mass is 35.5. The summed E-state index contributed by atoms with van der Waals surface area (Å²) in [5, 5.41) is 0.678. The molecule has 168 valence electrons. The predicted molar refractivity (Wildman–Crippen MR) is 121 cm³/mol. The number of piperazine rings is 1. The van der Waals surface area contributed by atoms with Gasteiger partial charge in [-0.05, 0) is 55.9 Å². The van der Waals surface area contributed by atoms with Crippen LogP contribution in [0.3, 0.4) is 0 Å². The molecular weight excluding hydrogens is 438 g/mol. The van der Waals surface area contributed by atoms with Crippen molar-refractivity contribution in [3.05, 3.63) is 59.1 Å². The number of likely N-dealkylation sites (N-methyl/N-ethyl adjacent to an activating group) is 1. The number of sulfonamides is 1. The third-order valence-corrected chi connectivity index (χ3v) is 7.85. The van der Waals surface area contributed by atoms with Gasteiger partial charge in [-0.25, -0.2) is 8.42 Å². The van der Waals surface area contributed by atoms with Crippen molar-refractivity contribution in [3.63, 3.8) is 0 Å². The lowest BCUT2D eigenvalue weighted by Crippen LogP contribution is -2.52. The third-order valence-electron chi connectivity index (χ3n) is 5.69. The molecule has 1 atom stereocenters. The average Bonchev–Trinajstić information content (AvgIpc) is 2.79. The summed E-state index contributed by atoms with van der Waals surface area (Å²) in [4.78, 5) is 16.7. The van der Waals surface area contributed by atoms with Gasteiger partial charge in [0.05, 0.1) is 18.6 Å². The lowest BCUT2D eigenvalue weighted by Gasteiger charge is -2.35. The second-order valence-corrected chi connectivity index (χ2v) is 9.98. The van der Waals surface area contributed by atoms with Crippen LogP contribution in [0.2, 0.25) is 5.02 Å². The normalized spacial score (nSPS) is 16.4. The van der Waals surface area contributed by atoms with Crippen LogP contribution in [0.4, 0.5) is 0 Å². The van der Waals surface area contributed by atoms with Crippen LogP contribution in [0.5, 0.6) is 5.75 Å². The van der Waals surface area contributed by atoms with Crippen LogP contribution in [-0.4, -0.2) is 75.3 Å². The molecule has 31 heavy (non-hydrogen) atoms. The Kier molecular flexibility index (Phi) is 7.59. The Bertz CT molecular complexity index is 988. The molecule has 0 spiro atoms. The second kappa shape index (κ2) is 9.99. The van der Waals surface area contributed by atoms with Crippen LogP contribution in [-0.2, 0) is 14.8 Å². The minimum atomic E-state index is -3.59. The Morgan fingerprint density at radius 2 is 1.65 bits per heavy atom. The quantitative estimate of drug-likeness (QED) is 0.628. The number of halogens is 1. The monoisotopic (exact) mass is 465 g/mol. The van der Waals surface area contributed by atoms with Crippen molar-refractivity contribution < 1.29 is 17.9 Å². The summed E-state index contributed by atoms with van der Waals surface area (Å²) in [6, 6.07) is 14.0. The SMILES string of the molecule is COc1ccc(S(=O)(=O)N2CCN(C(=O)CN(C)C(C)c3ccc(Cl)cc3)CC2)cc1. The maximum absolute atomic E-state index is 12.9. The molecule has 2 aromatic rings. The molecular formula is C22H28ClN3O4S. The average molecular weight is 466 g/mol. The Morgan fingerprint density at radius 3 is 2.19 bits per heavy atom. The van der Waals surface area contributed by atoms with Gasteiger partial charge in [0.2, 0.25) is 15.9 Å². The summed E-state index contributed by atoms with van der Waals surface area (Å²) in [7, 11) is -0.154. The van der Waals surface area contributed by atoms with E-state index in [1.807, 2.05) is 43.1 Å². The van der Waals surface area contributed by atoms with E-state index in [0.29, 0.717) is 23.9 Å². The van der Waals surface area contributed by atoms with E-state index in [2.05, 4.69) is 0 Å². The molecule has 0 saturated carbocycles. The van der Waals surface area contributed by atoms with Crippen molar-refractivity contribution in [1.29, 1.82) is 0 Å². The number of rotatable bonds is 7. The number of nitrogens with zero attached hydrogens (tertiary/aromatic N) is 3. The first-order valence-corrected chi connectivity index (χ1v) is 11.9. The Balaban J connectivity index is 1.55. The summed E-state index contributed by atoms with van der Waals surface area (Å²) >= 11 is 5.95. The van der Waals surface area contributed by atoms with Crippen LogP contribution in [0.1, 0.15) is 18.5 Å². The molecule has 0 aromatic heterocycles. The topological polar surface area (TPSA) is 70.2 Å². The predicted octanol–water partition coefficient (Wildman–Crippen LogP) is 2.87. The van der Waals surface area contributed by atoms with Gasteiger partial charge in [-0.2, -0.15) is 4.31 Å². The van der Waals surface area contributed by atoms with E-state index in [4.69, 9.17) is 16.3 Å². The lowest BCUT2D eigenvalue weighted by molar-refractivity contribution is -0.133. The molecule has 1 fully saturated rings. The molecule has 3 rings (SSSR count). The molecule has 0 aliphatic carbocycles. The van der Waals surface area contributed by atoms with E-state index >= 15 is 0 Å². The van der Waals surface area contributed by atoms with Gasteiger partial charge in [-0.1, -0.05) is 23.7 Å². The smallest absolute Gasteiger partial charge is 0.243 e. The molecule has 9 heteroatoms. The zero-order valence-corrected chi connectivity index (χ0v) is 19.6. The third kappa shape index (κ3) is 5.57. The number of hydrogen-bond donors (Lipinski definition) is 0. The summed E-state index contributed by atoms with van der Waals surface area (Å²) < 4.78 is 32.3. The first-order chi connectivity index (χ1) is 14.7. The fraction of sp³-hybridized carbons (Fsp3) is 0.409. The van der Waals surface area contributed by atoms with Gasteiger partial charge in [0.15, 0.2) is 0 Å². The number of ether oxygens (including phenoxy) is 1.